The average Bonchev–Trinajstić information content (AvgIpc) is 2.53. The number of nitrogens with two attached hydrogens (primary N) is 1. The Balaban J connectivity index is 2.13. The standard InChI is InChI=1S/C15H30N2/c1-4-17(11-13-7-5-8-13)15(12-16)10-6-9-14(15,2)3/h13H,4-12,16H2,1-3H3. The summed E-state index contributed by atoms with van der Waals surface area (Å²) in [6.45, 7) is 10.5. The molecular formula is C15H30N2. The van der Waals surface area contributed by atoms with Gasteiger partial charge in [-0.3, -0.25) is 4.90 Å². The molecule has 0 spiro atoms. The molecule has 2 fully saturated rings. The first kappa shape index (κ1) is 13.4. The fourth-order valence-corrected chi connectivity index (χ4v) is 4.08. The lowest BCUT2D eigenvalue weighted by molar-refractivity contribution is -0.00344. The molecule has 0 amide bonds. The monoisotopic (exact) mass is 238 g/mol. The van der Waals surface area contributed by atoms with Gasteiger partial charge in [0.1, 0.15) is 0 Å². The van der Waals surface area contributed by atoms with Crippen LogP contribution in [-0.2, 0) is 0 Å². The minimum atomic E-state index is 0.275. The van der Waals surface area contributed by atoms with Crippen LogP contribution in [0.25, 0.3) is 0 Å². The second-order valence-corrected chi connectivity index (χ2v) is 6.81. The molecule has 0 bridgehead atoms. The predicted molar refractivity (Wildman–Crippen MR) is 74.0 cm³/mol. The van der Waals surface area contributed by atoms with E-state index < -0.39 is 0 Å². The summed E-state index contributed by atoms with van der Waals surface area (Å²) < 4.78 is 0. The third-order valence-corrected chi connectivity index (χ3v) is 5.68. The number of hydrogen-bond acceptors (Lipinski definition) is 2. The van der Waals surface area contributed by atoms with Crippen LogP contribution in [0.4, 0.5) is 0 Å². The second-order valence-electron chi connectivity index (χ2n) is 6.81. The number of likely N-dealkylation sites (N-methyl/N-ethyl adjacent to an activating group) is 1. The van der Waals surface area contributed by atoms with Crippen LogP contribution in [0.5, 0.6) is 0 Å². The van der Waals surface area contributed by atoms with Gasteiger partial charge in [0.25, 0.3) is 0 Å². The maximum atomic E-state index is 6.21. The van der Waals surface area contributed by atoms with Crippen LogP contribution >= 0.6 is 0 Å². The Hall–Kier alpha value is -0.0800. The van der Waals surface area contributed by atoms with Gasteiger partial charge in [-0.25, -0.2) is 0 Å². The third-order valence-electron chi connectivity index (χ3n) is 5.68. The number of rotatable bonds is 5. The van der Waals surface area contributed by atoms with Crippen LogP contribution < -0.4 is 5.73 Å². The summed E-state index contributed by atoms with van der Waals surface area (Å²) in [7, 11) is 0. The first-order valence-electron chi connectivity index (χ1n) is 7.51. The van der Waals surface area contributed by atoms with Gasteiger partial charge in [-0.2, -0.15) is 0 Å². The molecule has 0 radical (unpaired) electrons. The van der Waals surface area contributed by atoms with E-state index in [2.05, 4.69) is 25.7 Å². The minimum Gasteiger partial charge on any atom is -0.329 e. The highest BCUT2D eigenvalue weighted by Crippen LogP contribution is 2.49. The lowest BCUT2D eigenvalue weighted by atomic mass is 9.72. The molecule has 2 nitrogen and oxygen atoms in total. The highest BCUT2D eigenvalue weighted by atomic mass is 15.2. The Morgan fingerprint density at radius 2 is 1.88 bits per heavy atom. The van der Waals surface area contributed by atoms with Crippen LogP contribution in [0.2, 0.25) is 0 Å². The van der Waals surface area contributed by atoms with Crippen molar-refractivity contribution in [2.24, 2.45) is 17.1 Å². The molecule has 0 aliphatic heterocycles. The van der Waals surface area contributed by atoms with E-state index in [9.17, 15) is 0 Å². The Morgan fingerprint density at radius 1 is 1.18 bits per heavy atom. The molecule has 17 heavy (non-hydrogen) atoms. The van der Waals surface area contributed by atoms with E-state index in [1.54, 1.807) is 0 Å². The van der Waals surface area contributed by atoms with Gasteiger partial charge in [-0.05, 0) is 43.6 Å². The lowest BCUT2D eigenvalue weighted by Gasteiger charge is -2.51. The first-order chi connectivity index (χ1) is 8.05. The molecule has 2 rings (SSSR count). The summed E-state index contributed by atoms with van der Waals surface area (Å²) in [5.74, 6) is 0.953. The topological polar surface area (TPSA) is 29.3 Å². The average molecular weight is 238 g/mol. The van der Waals surface area contributed by atoms with E-state index in [1.807, 2.05) is 0 Å². The van der Waals surface area contributed by atoms with Gasteiger partial charge in [0.15, 0.2) is 0 Å². The quantitative estimate of drug-likeness (QED) is 0.798. The molecule has 0 aromatic carbocycles. The fraction of sp³-hybridized carbons (Fsp3) is 1.00. The van der Waals surface area contributed by atoms with Crippen LogP contribution in [0.15, 0.2) is 0 Å². The Bertz CT molecular complexity index is 258. The van der Waals surface area contributed by atoms with Crippen LogP contribution in [0, 0.1) is 11.3 Å². The van der Waals surface area contributed by atoms with Crippen molar-refractivity contribution in [3.05, 3.63) is 0 Å². The molecule has 0 aromatic rings. The van der Waals surface area contributed by atoms with Gasteiger partial charge < -0.3 is 5.73 Å². The molecule has 2 aliphatic carbocycles. The molecule has 0 heterocycles. The van der Waals surface area contributed by atoms with E-state index >= 15 is 0 Å². The maximum absolute atomic E-state index is 6.21. The predicted octanol–water partition coefficient (Wildman–Crippen LogP) is 3.02. The van der Waals surface area contributed by atoms with Crippen LogP contribution in [0.1, 0.15) is 59.3 Å². The summed E-state index contributed by atoms with van der Waals surface area (Å²) in [5.41, 5.74) is 6.88. The second kappa shape index (κ2) is 4.89. The van der Waals surface area contributed by atoms with E-state index in [-0.39, 0.29) is 5.54 Å². The van der Waals surface area contributed by atoms with E-state index in [0.717, 1.165) is 19.0 Å². The van der Waals surface area contributed by atoms with Crippen molar-refractivity contribution in [1.29, 1.82) is 0 Å². The van der Waals surface area contributed by atoms with E-state index in [1.165, 1.54) is 45.1 Å². The molecule has 0 saturated heterocycles. The Kier molecular flexibility index (Phi) is 3.84. The van der Waals surface area contributed by atoms with Gasteiger partial charge in [0.2, 0.25) is 0 Å². The molecule has 2 heteroatoms. The molecular weight excluding hydrogens is 208 g/mol. The molecule has 2 saturated carbocycles. The SMILES string of the molecule is CCN(CC1CCC1)C1(CN)CCCC1(C)C. The summed E-state index contributed by atoms with van der Waals surface area (Å²) in [6.07, 6.45) is 8.32. The molecule has 1 atom stereocenters. The number of nitrogens with zero attached hydrogens (tertiary/aromatic N) is 1. The van der Waals surface area contributed by atoms with Crippen LogP contribution in [-0.4, -0.2) is 30.1 Å². The van der Waals surface area contributed by atoms with Crippen molar-refractivity contribution in [2.75, 3.05) is 19.6 Å². The zero-order chi connectivity index (χ0) is 12.5. The fourth-order valence-electron chi connectivity index (χ4n) is 4.08. The van der Waals surface area contributed by atoms with Gasteiger partial charge in [-0.15, -0.1) is 0 Å². The minimum absolute atomic E-state index is 0.275. The van der Waals surface area contributed by atoms with Crippen molar-refractivity contribution in [2.45, 2.75) is 64.8 Å². The van der Waals surface area contributed by atoms with Gasteiger partial charge in [0.05, 0.1) is 0 Å². The smallest absolute Gasteiger partial charge is 0.0382 e. The summed E-state index contributed by atoms with van der Waals surface area (Å²) >= 11 is 0. The molecule has 2 aliphatic rings. The highest BCUT2D eigenvalue weighted by Gasteiger charge is 2.51. The van der Waals surface area contributed by atoms with E-state index in [0.29, 0.717) is 5.41 Å². The van der Waals surface area contributed by atoms with Gasteiger partial charge >= 0.3 is 0 Å². The normalized spacial score (nSPS) is 33.0. The van der Waals surface area contributed by atoms with Crippen molar-refractivity contribution < 1.29 is 0 Å². The Morgan fingerprint density at radius 3 is 2.24 bits per heavy atom. The zero-order valence-electron chi connectivity index (χ0n) is 12.0. The van der Waals surface area contributed by atoms with Crippen molar-refractivity contribution in [3.63, 3.8) is 0 Å². The molecule has 2 N–H and O–H groups in total. The zero-order valence-corrected chi connectivity index (χ0v) is 12.0. The molecule has 1 unspecified atom stereocenters. The summed E-state index contributed by atoms with van der Waals surface area (Å²) in [6, 6.07) is 0. The number of hydrogen-bond donors (Lipinski definition) is 1. The molecule has 0 aromatic heterocycles. The van der Waals surface area contributed by atoms with Gasteiger partial charge in [-0.1, -0.05) is 33.6 Å². The van der Waals surface area contributed by atoms with Crippen molar-refractivity contribution >= 4 is 0 Å². The van der Waals surface area contributed by atoms with Gasteiger partial charge in [0, 0.05) is 18.6 Å². The summed E-state index contributed by atoms with van der Waals surface area (Å²) in [4.78, 5) is 2.73. The van der Waals surface area contributed by atoms with Crippen molar-refractivity contribution in [3.8, 4) is 0 Å². The van der Waals surface area contributed by atoms with Crippen molar-refractivity contribution in [1.82, 2.24) is 4.90 Å². The molecule has 100 valence electrons. The third kappa shape index (κ3) is 2.15. The lowest BCUT2D eigenvalue weighted by Crippen LogP contribution is -2.61. The van der Waals surface area contributed by atoms with Crippen LogP contribution in [0.3, 0.4) is 0 Å². The maximum Gasteiger partial charge on any atom is 0.0382 e. The van der Waals surface area contributed by atoms with E-state index in [4.69, 9.17) is 5.73 Å². The Labute approximate surface area is 107 Å². The first-order valence-corrected chi connectivity index (χ1v) is 7.51. The largest absolute Gasteiger partial charge is 0.329 e. The highest BCUT2D eigenvalue weighted by molar-refractivity contribution is 5.07. The summed E-state index contributed by atoms with van der Waals surface area (Å²) in [5, 5.41) is 0.